The highest BCUT2D eigenvalue weighted by molar-refractivity contribution is 9.10. The second-order valence-electron chi connectivity index (χ2n) is 5.21. The minimum Gasteiger partial charge on any atom is -0.293 e. The van der Waals surface area contributed by atoms with Crippen LogP contribution in [-0.4, -0.2) is 21.3 Å². The molecule has 0 saturated heterocycles. The second-order valence-corrected chi connectivity index (χ2v) is 6.56. The summed E-state index contributed by atoms with van der Waals surface area (Å²) in [6.45, 7) is 1.39. The van der Waals surface area contributed by atoms with E-state index in [0.717, 1.165) is 4.47 Å². The third-order valence-electron chi connectivity index (χ3n) is 3.47. The van der Waals surface area contributed by atoms with E-state index in [1.165, 1.54) is 11.6 Å². The Kier molecular flexibility index (Phi) is 4.64. The maximum absolute atomic E-state index is 12.7. The van der Waals surface area contributed by atoms with Gasteiger partial charge in [0.25, 0.3) is 0 Å². The van der Waals surface area contributed by atoms with Gasteiger partial charge < -0.3 is 0 Å². The number of ketones is 2. The van der Waals surface area contributed by atoms with Crippen LogP contribution >= 0.6 is 27.5 Å². The van der Waals surface area contributed by atoms with Gasteiger partial charge in [-0.05, 0) is 42.5 Å². The van der Waals surface area contributed by atoms with Gasteiger partial charge in [0.2, 0.25) is 0 Å². The molecular weight excluding hydrogens is 392 g/mol. The van der Waals surface area contributed by atoms with Gasteiger partial charge in [0.1, 0.15) is 5.69 Å². The average molecular weight is 404 g/mol. The molecule has 4 nitrogen and oxygen atoms in total. The molecule has 24 heavy (non-hydrogen) atoms. The molecule has 0 bridgehead atoms. The first-order valence-corrected chi connectivity index (χ1v) is 8.29. The smallest absolute Gasteiger partial charge is 0.196 e. The van der Waals surface area contributed by atoms with Crippen molar-refractivity contribution in [2.45, 2.75) is 6.92 Å². The topological polar surface area (TPSA) is 52.0 Å². The van der Waals surface area contributed by atoms with Gasteiger partial charge >= 0.3 is 0 Å². The summed E-state index contributed by atoms with van der Waals surface area (Å²) in [6, 6.07) is 14.0. The standard InChI is InChI=1S/C18H12BrClN2O2/c1-11(23)17-16(18(24)12-5-7-13(19)8-6-12)10-22(21-17)15-4-2-3-14(20)9-15/h2-10H,1H3. The van der Waals surface area contributed by atoms with E-state index in [-0.39, 0.29) is 22.8 Å². The Labute approximate surface area is 152 Å². The van der Waals surface area contributed by atoms with Crippen molar-refractivity contribution >= 4 is 39.1 Å². The Morgan fingerprint density at radius 2 is 1.83 bits per heavy atom. The number of rotatable bonds is 4. The van der Waals surface area contributed by atoms with Crippen LogP contribution in [0.4, 0.5) is 0 Å². The zero-order valence-corrected chi connectivity index (χ0v) is 15.0. The molecule has 1 heterocycles. The molecule has 0 aliphatic rings. The van der Waals surface area contributed by atoms with E-state index >= 15 is 0 Å². The van der Waals surface area contributed by atoms with E-state index in [1.807, 2.05) is 0 Å². The van der Waals surface area contributed by atoms with Gasteiger partial charge in [-0.25, -0.2) is 4.68 Å². The highest BCUT2D eigenvalue weighted by Gasteiger charge is 2.21. The van der Waals surface area contributed by atoms with E-state index in [1.54, 1.807) is 54.7 Å². The first-order valence-electron chi connectivity index (χ1n) is 7.12. The number of hydrogen-bond acceptors (Lipinski definition) is 3. The molecule has 0 radical (unpaired) electrons. The van der Waals surface area contributed by atoms with E-state index in [2.05, 4.69) is 21.0 Å². The van der Waals surface area contributed by atoms with Crippen LogP contribution < -0.4 is 0 Å². The molecule has 3 aromatic rings. The number of hydrogen-bond donors (Lipinski definition) is 0. The van der Waals surface area contributed by atoms with Crippen LogP contribution in [0.3, 0.4) is 0 Å². The van der Waals surface area contributed by atoms with Gasteiger partial charge in [-0.15, -0.1) is 0 Å². The summed E-state index contributed by atoms with van der Waals surface area (Å²) in [5, 5.41) is 4.81. The molecular formula is C18H12BrClN2O2. The monoisotopic (exact) mass is 402 g/mol. The molecule has 2 aromatic carbocycles. The normalized spacial score (nSPS) is 10.6. The van der Waals surface area contributed by atoms with Crippen LogP contribution in [0.15, 0.2) is 59.2 Å². The summed E-state index contributed by atoms with van der Waals surface area (Å²) >= 11 is 9.33. The number of Topliss-reactive ketones (excluding diaryl/α,β-unsaturated/α-hetero) is 1. The summed E-state index contributed by atoms with van der Waals surface area (Å²) in [7, 11) is 0. The highest BCUT2D eigenvalue weighted by Crippen LogP contribution is 2.20. The Morgan fingerprint density at radius 1 is 1.12 bits per heavy atom. The lowest BCUT2D eigenvalue weighted by molar-refractivity contribution is 0.0987. The van der Waals surface area contributed by atoms with Gasteiger partial charge in [0.05, 0.1) is 11.3 Å². The zero-order valence-electron chi connectivity index (χ0n) is 12.7. The van der Waals surface area contributed by atoms with E-state index in [9.17, 15) is 9.59 Å². The molecule has 0 spiro atoms. The predicted molar refractivity (Wildman–Crippen MR) is 96.2 cm³/mol. The fourth-order valence-electron chi connectivity index (χ4n) is 2.31. The fourth-order valence-corrected chi connectivity index (χ4v) is 2.76. The molecule has 0 aliphatic heterocycles. The lowest BCUT2D eigenvalue weighted by Crippen LogP contribution is -2.06. The number of carbonyl (C=O) groups excluding carboxylic acids is 2. The minimum atomic E-state index is -0.267. The molecule has 0 N–H and O–H groups in total. The Hall–Kier alpha value is -2.24. The molecule has 6 heteroatoms. The van der Waals surface area contributed by atoms with E-state index in [4.69, 9.17) is 11.6 Å². The molecule has 0 fully saturated rings. The van der Waals surface area contributed by atoms with E-state index in [0.29, 0.717) is 16.3 Å². The molecule has 0 amide bonds. The summed E-state index contributed by atoms with van der Waals surface area (Å²) in [5.41, 5.74) is 1.58. The van der Waals surface area contributed by atoms with Crippen molar-refractivity contribution in [1.29, 1.82) is 0 Å². The predicted octanol–water partition coefficient (Wildman–Crippen LogP) is 4.72. The number of halogens is 2. The minimum absolute atomic E-state index is 0.142. The first kappa shape index (κ1) is 16.6. The van der Waals surface area contributed by atoms with Gasteiger partial charge in [-0.3, -0.25) is 9.59 Å². The largest absolute Gasteiger partial charge is 0.293 e. The zero-order chi connectivity index (χ0) is 17.3. The first-order chi connectivity index (χ1) is 11.5. The van der Waals surface area contributed by atoms with Crippen molar-refractivity contribution in [3.8, 4) is 5.69 Å². The maximum atomic E-state index is 12.7. The quantitative estimate of drug-likeness (QED) is 0.592. The van der Waals surface area contributed by atoms with Crippen LogP contribution in [-0.2, 0) is 0 Å². The third-order valence-corrected chi connectivity index (χ3v) is 4.24. The molecule has 0 unspecified atom stereocenters. The molecule has 1 aromatic heterocycles. The summed E-state index contributed by atoms with van der Waals surface area (Å²) in [4.78, 5) is 24.7. The number of carbonyl (C=O) groups is 2. The van der Waals surface area contributed by atoms with Gasteiger partial charge in [-0.2, -0.15) is 5.10 Å². The van der Waals surface area contributed by atoms with Crippen LogP contribution in [0.5, 0.6) is 0 Å². The summed E-state index contributed by atoms with van der Waals surface area (Å²) in [6.07, 6.45) is 1.56. The number of nitrogens with zero attached hydrogens (tertiary/aromatic N) is 2. The Morgan fingerprint density at radius 3 is 2.46 bits per heavy atom. The fraction of sp³-hybridized carbons (Fsp3) is 0.0556. The van der Waals surface area contributed by atoms with E-state index < -0.39 is 0 Å². The number of aromatic nitrogens is 2. The summed E-state index contributed by atoms with van der Waals surface area (Å²) in [5.74, 6) is -0.516. The highest BCUT2D eigenvalue weighted by atomic mass is 79.9. The SMILES string of the molecule is CC(=O)c1nn(-c2cccc(Cl)c2)cc1C(=O)c1ccc(Br)cc1. The van der Waals surface area contributed by atoms with Crippen molar-refractivity contribution in [2.75, 3.05) is 0 Å². The molecule has 0 aliphatic carbocycles. The van der Waals surface area contributed by atoms with Crippen molar-refractivity contribution in [3.63, 3.8) is 0 Å². The van der Waals surface area contributed by atoms with Crippen molar-refractivity contribution in [1.82, 2.24) is 9.78 Å². The van der Waals surface area contributed by atoms with Gasteiger partial charge in [-0.1, -0.05) is 33.6 Å². The van der Waals surface area contributed by atoms with Gasteiger partial charge in [0, 0.05) is 28.2 Å². The van der Waals surface area contributed by atoms with Crippen LogP contribution in [0, 0.1) is 0 Å². The Balaban J connectivity index is 2.08. The molecule has 120 valence electrons. The third kappa shape index (κ3) is 3.32. The van der Waals surface area contributed by atoms with Gasteiger partial charge in [0.15, 0.2) is 11.6 Å². The second kappa shape index (κ2) is 6.71. The molecule has 3 rings (SSSR count). The average Bonchev–Trinajstić information content (AvgIpc) is 3.00. The molecule has 0 atom stereocenters. The lowest BCUT2D eigenvalue weighted by Gasteiger charge is -2.01. The van der Waals surface area contributed by atoms with Crippen LogP contribution in [0.2, 0.25) is 5.02 Å². The Bertz CT molecular complexity index is 932. The van der Waals surface area contributed by atoms with Crippen molar-refractivity contribution in [3.05, 3.63) is 81.0 Å². The van der Waals surface area contributed by atoms with Crippen LogP contribution in [0.1, 0.15) is 33.3 Å². The lowest BCUT2D eigenvalue weighted by atomic mass is 10.0. The van der Waals surface area contributed by atoms with Crippen LogP contribution in [0.25, 0.3) is 5.69 Å². The maximum Gasteiger partial charge on any atom is 0.196 e. The van der Waals surface area contributed by atoms with Crippen molar-refractivity contribution < 1.29 is 9.59 Å². The summed E-state index contributed by atoms with van der Waals surface area (Å²) < 4.78 is 2.37. The molecule has 0 saturated carbocycles. The number of benzene rings is 2. The van der Waals surface area contributed by atoms with Crippen molar-refractivity contribution in [2.24, 2.45) is 0 Å².